The van der Waals surface area contributed by atoms with Gasteiger partial charge < -0.3 is 4.74 Å². The fourth-order valence-corrected chi connectivity index (χ4v) is 2.11. The molecule has 0 unspecified atom stereocenters. The van der Waals surface area contributed by atoms with Gasteiger partial charge in [0.1, 0.15) is 4.21 Å². The zero-order valence-corrected chi connectivity index (χ0v) is 8.86. The normalized spacial score (nSPS) is 9.92. The molecule has 0 aliphatic rings. The predicted molar refractivity (Wildman–Crippen MR) is 51.9 cm³/mol. The number of aromatic nitrogens is 2. The van der Waals surface area contributed by atoms with Crippen LogP contribution in [-0.4, -0.2) is 27.9 Å². The third kappa shape index (κ3) is 4.23. The van der Waals surface area contributed by atoms with E-state index in [1.165, 1.54) is 11.5 Å². The van der Waals surface area contributed by atoms with E-state index in [-0.39, 0.29) is 5.97 Å². The Balaban J connectivity index is 2.11. The van der Waals surface area contributed by atoms with E-state index in [4.69, 9.17) is 4.74 Å². The Morgan fingerprint density at radius 3 is 3.23 bits per heavy atom. The van der Waals surface area contributed by atoms with E-state index in [2.05, 4.69) is 9.59 Å². The van der Waals surface area contributed by atoms with Crippen LogP contribution in [0.15, 0.2) is 10.4 Å². The Bertz CT molecular complexity index is 251. The third-order valence-corrected chi connectivity index (χ3v) is 3.03. The van der Waals surface area contributed by atoms with E-state index in [1.807, 2.05) is 0 Å². The molecule has 0 saturated carbocycles. The Morgan fingerprint density at radius 1 is 1.77 bits per heavy atom. The zero-order valence-electron chi connectivity index (χ0n) is 7.23. The van der Waals surface area contributed by atoms with E-state index >= 15 is 0 Å². The summed E-state index contributed by atoms with van der Waals surface area (Å²) in [6.45, 7) is 2.25. The van der Waals surface area contributed by atoms with Crippen LogP contribution in [-0.2, 0) is 9.53 Å². The zero-order chi connectivity index (χ0) is 9.52. The lowest BCUT2D eigenvalue weighted by Crippen LogP contribution is -2.04. The molecule has 13 heavy (non-hydrogen) atoms. The van der Waals surface area contributed by atoms with Crippen molar-refractivity contribution in [2.75, 3.05) is 12.4 Å². The van der Waals surface area contributed by atoms with E-state index in [0.717, 1.165) is 9.96 Å². The predicted octanol–water partition coefficient (Wildman–Crippen LogP) is 1.58. The first kappa shape index (κ1) is 10.5. The van der Waals surface area contributed by atoms with Gasteiger partial charge in [-0.1, -0.05) is 4.49 Å². The van der Waals surface area contributed by atoms with Gasteiger partial charge >= 0.3 is 5.97 Å². The molecule has 0 bridgehead atoms. The molecule has 0 atom stereocenters. The maximum absolute atomic E-state index is 10.9. The molecule has 1 aromatic heterocycles. The number of carbonyl (C=O) groups excluding carboxylic acids is 1. The summed E-state index contributed by atoms with van der Waals surface area (Å²) in [6.07, 6.45) is 2.14. The summed E-state index contributed by atoms with van der Waals surface area (Å²) in [6, 6.07) is 0. The molecule has 1 aromatic rings. The van der Waals surface area contributed by atoms with Crippen molar-refractivity contribution >= 4 is 29.3 Å². The fourth-order valence-electron chi connectivity index (χ4n) is 0.690. The van der Waals surface area contributed by atoms with Crippen molar-refractivity contribution in [3.8, 4) is 0 Å². The van der Waals surface area contributed by atoms with Crippen molar-refractivity contribution in [2.24, 2.45) is 0 Å². The van der Waals surface area contributed by atoms with Gasteiger partial charge in [-0.05, 0) is 18.5 Å². The number of hydrogen-bond acceptors (Lipinski definition) is 6. The number of carbonyl (C=O) groups is 1. The highest BCUT2D eigenvalue weighted by Gasteiger charge is 2.02. The minimum absolute atomic E-state index is 0.146. The van der Waals surface area contributed by atoms with Gasteiger partial charge in [-0.15, -0.1) is 16.9 Å². The van der Waals surface area contributed by atoms with Gasteiger partial charge in [0, 0.05) is 5.75 Å². The molecule has 4 nitrogen and oxygen atoms in total. The lowest BCUT2D eigenvalue weighted by atomic mass is 10.5. The standard InChI is InChI=1S/C7H10N2O2S2/c1-2-11-6(10)3-4-12-7-5-8-9-13-7/h5H,2-4H2,1H3. The molecule has 72 valence electrons. The van der Waals surface area contributed by atoms with Crippen LogP contribution < -0.4 is 0 Å². The van der Waals surface area contributed by atoms with Gasteiger partial charge in [0.15, 0.2) is 0 Å². The highest BCUT2D eigenvalue weighted by atomic mass is 32.2. The van der Waals surface area contributed by atoms with Gasteiger partial charge in [-0.25, -0.2) is 0 Å². The Labute approximate surface area is 84.8 Å². The van der Waals surface area contributed by atoms with Crippen LogP contribution in [0.5, 0.6) is 0 Å². The lowest BCUT2D eigenvalue weighted by molar-refractivity contribution is -0.142. The van der Waals surface area contributed by atoms with Gasteiger partial charge in [-0.3, -0.25) is 4.79 Å². The average Bonchev–Trinajstić information content (AvgIpc) is 2.57. The summed E-state index contributed by atoms with van der Waals surface area (Å²) < 4.78 is 9.52. The second-order valence-corrected chi connectivity index (χ2v) is 4.32. The number of nitrogens with zero attached hydrogens (tertiary/aromatic N) is 2. The molecule has 1 heterocycles. The van der Waals surface area contributed by atoms with Crippen molar-refractivity contribution < 1.29 is 9.53 Å². The highest BCUT2D eigenvalue weighted by Crippen LogP contribution is 2.20. The maximum atomic E-state index is 10.9. The molecular weight excluding hydrogens is 208 g/mol. The molecule has 0 aliphatic carbocycles. The topological polar surface area (TPSA) is 52.1 Å². The summed E-state index contributed by atoms with van der Waals surface area (Å²) in [5, 5.41) is 3.69. The number of rotatable bonds is 5. The average molecular weight is 218 g/mol. The maximum Gasteiger partial charge on any atom is 0.306 e. The van der Waals surface area contributed by atoms with Crippen molar-refractivity contribution in [1.82, 2.24) is 9.59 Å². The largest absolute Gasteiger partial charge is 0.466 e. The molecule has 0 radical (unpaired) electrons. The number of esters is 1. The monoisotopic (exact) mass is 218 g/mol. The van der Waals surface area contributed by atoms with E-state index in [9.17, 15) is 4.79 Å². The minimum Gasteiger partial charge on any atom is -0.466 e. The summed E-state index contributed by atoms with van der Waals surface area (Å²) in [7, 11) is 0. The lowest BCUT2D eigenvalue weighted by Gasteiger charge is -1.99. The van der Waals surface area contributed by atoms with E-state index in [1.54, 1.807) is 24.9 Å². The van der Waals surface area contributed by atoms with Crippen LogP contribution in [0.1, 0.15) is 13.3 Å². The van der Waals surface area contributed by atoms with Crippen molar-refractivity contribution in [2.45, 2.75) is 17.6 Å². The van der Waals surface area contributed by atoms with Gasteiger partial charge in [-0.2, -0.15) is 0 Å². The van der Waals surface area contributed by atoms with Crippen LogP contribution in [0, 0.1) is 0 Å². The van der Waals surface area contributed by atoms with Gasteiger partial charge in [0.05, 0.1) is 19.2 Å². The molecule has 0 spiro atoms. The molecule has 0 fully saturated rings. The number of hydrogen-bond donors (Lipinski definition) is 0. The summed E-state index contributed by atoms with van der Waals surface area (Å²) in [5.41, 5.74) is 0. The van der Waals surface area contributed by atoms with Crippen molar-refractivity contribution in [3.63, 3.8) is 0 Å². The van der Waals surface area contributed by atoms with Gasteiger partial charge in [0.2, 0.25) is 0 Å². The summed E-state index contributed by atoms with van der Waals surface area (Å²) in [4.78, 5) is 10.9. The van der Waals surface area contributed by atoms with Crippen LogP contribution in [0.3, 0.4) is 0 Å². The second-order valence-electron chi connectivity index (χ2n) is 2.14. The highest BCUT2D eigenvalue weighted by molar-refractivity contribution is 8.01. The van der Waals surface area contributed by atoms with Crippen LogP contribution >= 0.6 is 23.3 Å². The van der Waals surface area contributed by atoms with Gasteiger partial charge in [0.25, 0.3) is 0 Å². The molecule has 0 aliphatic heterocycles. The first-order chi connectivity index (χ1) is 6.33. The molecule has 0 amide bonds. The number of ether oxygens (including phenoxy) is 1. The fraction of sp³-hybridized carbons (Fsp3) is 0.571. The van der Waals surface area contributed by atoms with E-state index in [0.29, 0.717) is 13.0 Å². The molecule has 1 rings (SSSR count). The Morgan fingerprint density at radius 2 is 2.62 bits per heavy atom. The first-order valence-electron chi connectivity index (χ1n) is 3.88. The molecule has 0 aromatic carbocycles. The summed E-state index contributed by atoms with van der Waals surface area (Å²) in [5.74, 6) is 0.579. The minimum atomic E-state index is -0.146. The molecular formula is C7H10N2O2S2. The van der Waals surface area contributed by atoms with Crippen LogP contribution in [0.2, 0.25) is 0 Å². The Hall–Kier alpha value is -0.620. The molecule has 6 heteroatoms. The number of thioether (sulfide) groups is 1. The molecule has 0 N–H and O–H groups in total. The molecule has 0 saturated heterocycles. The summed E-state index contributed by atoms with van der Waals surface area (Å²) >= 11 is 2.91. The second kappa shape index (κ2) is 5.93. The smallest absolute Gasteiger partial charge is 0.306 e. The van der Waals surface area contributed by atoms with Crippen molar-refractivity contribution in [1.29, 1.82) is 0 Å². The van der Waals surface area contributed by atoms with E-state index < -0.39 is 0 Å². The Kier molecular flexibility index (Phi) is 4.77. The van der Waals surface area contributed by atoms with Crippen LogP contribution in [0.25, 0.3) is 0 Å². The van der Waals surface area contributed by atoms with Crippen molar-refractivity contribution in [3.05, 3.63) is 6.20 Å². The van der Waals surface area contributed by atoms with Crippen LogP contribution in [0.4, 0.5) is 0 Å². The quantitative estimate of drug-likeness (QED) is 0.555. The third-order valence-electron chi connectivity index (χ3n) is 1.20. The SMILES string of the molecule is CCOC(=O)CCSc1cnns1. The first-order valence-corrected chi connectivity index (χ1v) is 5.64.